The summed E-state index contributed by atoms with van der Waals surface area (Å²) in [5.74, 6) is 1.57. The minimum atomic E-state index is 0.0595. The average molecular weight is 394 g/mol. The van der Waals surface area contributed by atoms with Crippen molar-refractivity contribution < 1.29 is 9.84 Å². The number of aryl methyl sites for hydroxylation is 2. The Bertz CT molecular complexity index is 1110. The molecule has 0 aliphatic carbocycles. The van der Waals surface area contributed by atoms with Crippen LogP contribution in [-0.2, 0) is 6.42 Å². The maximum Gasteiger partial charge on any atom is 0.143 e. The lowest BCUT2D eigenvalue weighted by Gasteiger charge is -2.20. The molecule has 4 aromatic rings. The van der Waals surface area contributed by atoms with Crippen LogP contribution < -0.4 is 4.74 Å². The lowest BCUT2D eigenvalue weighted by molar-refractivity contribution is 0.299. The fourth-order valence-corrected chi connectivity index (χ4v) is 3.56. The monoisotopic (exact) mass is 393 g/mol. The molecule has 0 aromatic heterocycles. The summed E-state index contributed by atoms with van der Waals surface area (Å²) in [7, 11) is 0. The van der Waals surface area contributed by atoms with Crippen LogP contribution in [-0.4, -0.2) is 11.7 Å². The number of aliphatic hydroxyl groups is 1. The van der Waals surface area contributed by atoms with Crippen LogP contribution in [0.4, 0.5) is 0 Å². The number of hydrogen-bond acceptors (Lipinski definition) is 2. The molecule has 4 aromatic carbocycles. The molecule has 0 unspecified atom stereocenters. The fourth-order valence-electron chi connectivity index (χ4n) is 3.56. The van der Waals surface area contributed by atoms with E-state index in [1.54, 1.807) is 0 Å². The van der Waals surface area contributed by atoms with Crippen molar-refractivity contribution in [2.24, 2.45) is 0 Å². The van der Waals surface area contributed by atoms with E-state index in [2.05, 4.69) is 68.4 Å². The van der Waals surface area contributed by atoms with Crippen molar-refractivity contribution in [3.63, 3.8) is 0 Å². The van der Waals surface area contributed by atoms with Crippen LogP contribution >= 0.6 is 0 Å². The zero-order chi connectivity index (χ0) is 20.9. The summed E-state index contributed by atoms with van der Waals surface area (Å²) in [4.78, 5) is 0. The van der Waals surface area contributed by atoms with E-state index in [0.29, 0.717) is 6.42 Å². The molecule has 0 spiro atoms. The van der Waals surface area contributed by atoms with E-state index in [9.17, 15) is 5.11 Å². The zero-order valence-corrected chi connectivity index (χ0v) is 17.4. The summed E-state index contributed by atoms with van der Waals surface area (Å²) in [6.07, 6.45) is 0.516. The van der Waals surface area contributed by atoms with E-state index >= 15 is 0 Å². The first kappa shape index (κ1) is 19.9. The fraction of sp³-hybridized carbons (Fsp3) is 0.143. The smallest absolute Gasteiger partial charge is 0.143 e. The first-order valence-electron chi connectivity index (χ1n) is 10.2. The van der Waals surface area contributed by atoms with Gasteiger partial charge in [-0.15, -0.1) is 0 Å². The van der Waals surface area contributed by atoms with Gasteiger partial charge in [-0.25, -0.2) is 0 Å². The van der Waals surface area contributed by atoms with Gasteiger partial charge in [-0.1, -0.05) is 77.9 Å². The number of hydrogen-bond donors (Lipinski definition) is 1. The van der Waals surface area contributed by atoms with Gasteiger partial charge in [0.05, 0.1) is 0 Å². The van der Waals surface area contributed by atoms with Gasteiger partial charge in [0.2, 0.25) is 0 Å². The molecule has 0 atom stereocenters. The van der Waals surface area contributed by atoms with E-state index in [-0.39, 0.29) is 6.61 Å². The Labute approximate surface area is 178 Å². The Morgan fingerprint density at radius 2 is 1.37 bits per heavy atom. The summed E-state index contributed by atoms with van der Waals surface area (Å²) in [5, 5.41) is 9.67. The molecule has 30 heavy (non-hydrogen) atoms. The lowest BCUT2D eigenvalue weighted by Crippen LogP contribution is -2.00. The second-order valence-electron chi connectivity index (χ2n) is 7.51. The predicted molar refractivity (Wildman–Crippen MR) is 123 cm³/mol. The molecule has 149 valence electrons. The number of para-hydroxylation sites is 1. The standard InChI is InChI=1S/C28H25O2/c1-20-8-12-22(13-9-20)26-17-16-24(18-19-29)27(23-14-10-21(2)11-15-23)28(26)30-25-6-4-3-5-7-25/h3-15,17,29H,18-19H2,1-2H3. The molecule has 1 radical (unpaired) electrons. The Morgan fingerprint density at radius 1 is 0.767 bits per heavy atom. The molecule has 1 N–H and O–H groups in total. The molecule has 0 amide bonds. The second-order valence-corrected chi connectivity index (χ2v) is 7.51. The first-order chi connectivity index (χ1) is 14.7. The van der Waals surface area contributed by atoms with E-state index in [1.165, 1.54) is 11.1 Å². The van der Waals surface area contributed by atoms with Gasteiger partial charge in [0, 0.05) is 17.7 Å². The van der Waals surface area contributed by atoms with Crippen LogP contribution in [0, 0.1) is 19.9 Å². The minimum Gasteiger partial charge on any atom is -0.456 e. The normalized spacial score (nSPS) is 10.8. The third-order valence-electron chi connectivity index (χ3n) is 5.19. The van der Waals surface area contributed by atoms with Crippen molar-refractivity contribution in [1.29, 1.82) is 0 Å². The SMILES string of the molecule is Cc1ccc(-c2c[c]c(CCO)c(-c3ccc(C)cc3)c2Oc2ccccc2)cc1. The molecule has 0 heterocycles. The van der Waals surface area contributed by atoms with Crippen LogP contribution in [0.3, 0.4) is 0 Å². The van der Waals surface area contributed by atoms with Gasteiger partial charge in [-0.3, -0.25) is 0 Å². The summed E-state index contributed by atoms with van der Waals surface area (Å²) < 4.78 is 6.50. The van der Waals surface area contributed by atoms with E-state index < -0.39 is 0 Å². The molecule has 0 saturated heterocycles. The quantitative estimate of drug-likeness (QED) is 0.392. The van der Waals surface area contributed by atoms with Crippen LogP contribution in [0.5, 0.6) is 11.5 Å². The number of ether oxygens (including phenoxy) is 1. The summed E-state index contributed by atoms with van der Waals surface area (Å²) in [6, 6.07) is 32.1. The molecule has 0 saturated carbocycles. The number of rotatable bonds is 6. The average Bonchev–Trinajstić information content (AvgIpc) is 2.77. The number of aliphatic hydroxyl groups excluding tert-OH is 1. The van der Waals surface area contributed by atoms with Crippen LogP contribution in [0.15, 0.2) is 84.9 Å². The summed E-state index contributed by atoms with van der Waals surface area (Å²) in [6.45, 7) is 4.22. The molecule has 0 fully saturated rings. The third-order valence-corrected chi connectivity index (χ3v) is 5.19. The van der Waals surface area contributed by atoms with Gasteiger partial charge in [0.1, 0.15) is 11.5 Å². The van der Waals surface area contributed by atoms with Crippen molar-refractivity contribution in [3.05, 3.63) is 108 Å². The molecule has 0 bridgehead atoms. The lowest BCUT2D eigenvalue weighted by atomic mass is 9.91. The largest absolute Gasteiger partial charge is 0.456 e. The molecule has 2 nitrogen and oxygen atoms in total. The van der Waals surface area contributed by atoms with Crippen molar-refractivity contribution >= 4 is 0 Å². The van der Waals surface area contributed by atoms with E-state index in [4.69, 9.17) is 4.74 Å². The van der Waals surface area contributed by atoms with Crippen molar-refractivity contribution in [3.8, 4) is 33.8 Å². The van der Waals surface area contributed by atoms with Gasteiger partial charge in [-0.05, 0) is 61.2 Å². The first-order valence-corrected chi connectivity index (χ1v) is 10.2. The van der Waals surface area contributed by atoms with Crippen molar-refractivity contribution in [1.82, 2.24) is 0 Å². The maximum absolute atomic E-state index is 9.67. The topological polar surface area (TPSA) is 29.5 Å². The van der Waals surface area contributed by atoms with Gasteiger partial charge < -0.3 is 9.84 Å². The molecule has 0 aliphatic rings. The third kappa shape index (κ3) is 4.29. The highest BCUT2D eigenvalue weighted by Crippen LogP contribution is 2.43. The van der Waals surface area contributed by atoms with Crippen molar-refractivity contribution in [2.45, 2.75) is 20.3 Å². The summed E-state index contributed by atoms with van der Waals surface area (Å²) >= 11 is 0. The van der Waals surface area contributed by atoms with E-state index in [1.807, 2.05) is 36.4 Å². The van der Waals surface area contributed by atoms with Gasteiger partial charge in [-0.2, -0.15) is 0 Å². The van der Waals surface area contributed by atoms with E-state index in [0.717, 1.165) is 39.3 Å². The highest BCUT2D eigenvalue weighted by atomic mass is 16.5. The number of benzene rings is 4. The van der Waals surface area contributed by atoms with Gasteiger partial charge >= 0.3 is 0 Å². The maximum atomic E-state index is 9.67. The molecule has 4 rings (SSSR count). The Morgan fingerprint density at radius 3 is 1.97 bits per heavy atom. The highest BCUT2D eigenvalue weighted by molar-refractivity contribution is 5.85. The second kappa shape index (κ2) is 8.98. The highest BCUT2D eigenvalue weighted by Gasteiger charge is 2.19. The Kier molecular flexibility index (Phi) is 5.97. The molecule has 0 aliphatic heterocycles. The molecule has 2 heteroatoms. The molecular weight excluding hydrogens is 368 g/mol. The van der Waals surface area contributed by atoms with Gasteiger partial charge in [0.15, 0.2) is 0 Å². The Balaban J connectivity index is 1.97. The minimum absolute atomic E-state index is 0.0595. The van der Waals surface area contributed by atoms with Crippen LogP contribution in [0.25, 0.3) is 22.3 Å². The molecular formula is C28H25O2. The van der Waals surface area contributed by atoms with Gasteiger partial charge in [0.25, 0.3) is 0 Å². The van der Waals surface area contributed by atoms with Crippen molar-refractivity contribution in [2.75, 3.05) is 6.61 Å². The zero-order valence-electron chi connectivity index (χ0n) is 17.4. The van der Waals surface area contributed by atoms with Crippen LogP contribution in [0.1, 0.15) is 16.7 Å². The summed E-state index contributed by atoms with van der Waals surface area (Å²) in [5.41, 5.74) is 7.45. The van der Waals surface area contributed by atoms with Crippen LogP contribution in [0.2, 0.25) is 0 Å². The Hall–Kier alpha value is -3.36. The predicted octanol–water partition coefficient (Wildman–Crippen LogP) is 6.76.